The first-order chi connectivity index (χ1) is 10.1. The van der Waals surface area contributed by atoms with Crippen molar-refractivity contribution in [2.24, 2.45) is 0 Å². The Labute approximate surface area is 122 Å². The number of nitrogens with one attached hydrogen (secondary N) is 2. The summed E-state index contributed by atoms with van der Waals surface area (Å²) in [7, 11) is 0. The van der Waals surface area contributed by atoms with Gasteiger partial charge in [0.2, 0.25) is 0 Å². The molecule has 0 saturated carbocycles. The summed E-state index contributed by atoms with van der Waals surface area (Å²) in [5.41, 5.74) is 2.92. The molecule has 108 valence electrons. The number of nitrogens with zero attached hydrogens (tertiary/aromatic N) is 2. The number of pyridine rings is 1. The molecular formula is C16H18N4O. The molecule has 0 unspecified atom stereocenters. The lowest BCUT2D eigenvalue weighted by atomic mass is 10.2. The van der Waals surface area contributed by atoms with Gasteiger partial charge in [0.05, 0.1) is 12.2 Å². The summed E-state index contributed by atoms with van der Waals surface area (Å²) in [6.07, 6.45) is 3.47. The zero-order valence-corrected chi connectivity index (χ0v) is 12.1. The number of aromatic nitrogens is 3. The topological polar surface area (TPSA) is 62.7 Å². The summed E-state index contributed by atoms with van der Waals surface area (Å²) >= 11 is 0. The van der Waals surface area contributed by atoms with Crippen molar-refractivity contribution in [3.8, 4) is 0 Å². The quantitative estimate of drug-likeness (QED) is 0.773. The molecule has 2 heterocycles. The summed E-state index contributed by atoms with van der Waals surface area (Å²) in [5, 5.41) is 8.36. The summed E-state index contributed by atoms with van der Waals surface area (Å²) in [5.74, 6) is 0. The highest BCUT2D eigenvalue weighted by molar-refractivity contribution is 5.81. The average Bonchev–Trinajstić information content (AvgIpc) is 2.94. The van der Waals surface area contributed by atoms with E-state index in [1.165, 1.54) is 0 Å². The summed E-state index contributed by atoms with van der Waals surface area (Å²) in [6.45, 7) is 4.88. The lowest BCUT2D eigenvalue weighted by Crippen LogP contribution is -2.11. The highest BCUT2D eigenvalue weighted by Crippen LogP contribution is 2.16. The van der Waals surface area contributed by atoms with Gasteiger partial charge in [-0.1, -0.05) is 0 Å². The van der Waals surface area contributed by atoms with Gasteiger partial charge in [0.15, 0.2) is 5.43 Å². The molecule has 0 atom stereocenters. The van der Waals surface area contributed by atoms with E-state index < -0.39 is 0 Å². The fourth-order valence-corrected chi connectivity index (χ4v) is 2.42. The van der Waals surface area contributed by atoms with Gasteiger partial charge in [-0.05, 0) is 38.1 Å². The minimum absolute atomic E-state index is 0.0274. The first kappa shape index (κ1) is 13.4. The van der Waals surface area contributed by atoms with E-state index in [0.29, 0.717) is 18.0 Å². The molecular weight excluding hydrogens is 264 g/mol. The number of anilines is 1. The number of rotatable bonds is 4. The average molecular weight is 282 g/mol. The molecule has 0 fully saturated rings. The minimum atomic E-state index is 0.0274. The Morgan fingerprint density at radius 1 is 1.29 bits per heavy atom. The van der Waals surface area contributed by atoms with E-state index in [4.69, 9.17) is 0 Å². The Morgan fingerprint density at radius 2 is 2.14 bits per heavy atom. The largest absolute Gasteiger partial charge is 0.379 e. The molecule has 0 spiro atoms. The fraction of sp³-hybridized carbons (Fsp3) is 0.250. The molecule has 3 aromatic rings. The highest BCUT2D eigenvalue weighted by Gasteiger charge is 2.06. The first-order valence-corrected chi connectivity index (χ1v) is 7.03. The molecule has 0 bridgehead atoms. The van der Waals surface area contributed by atoms with Crippen LogP contribution in [0.1, 0.15) is 25.6 Å². The van der Waals surface area contributed by atoms with Gasteiger partial charge in [-0.2, -0.15) is 5.10 Å². The Kier molecular flexibility index (Phi) is 3.48. The van der Waals surface area contributed by atoms with Crippen LogP contribution in [0, 0.1) is 0 Å². The van der Waals surface area contributed by atoms with E-state index in [2.05, 4.69) is 29.2 Å². The van der Waals surface area contributed by atoms with Crippen LogP contribution >= 0.6 is 0 Å². The van der Waals surface area contributed by atoms with Crippen LogP contribution in [-0.2, 0) is 6.54 Å². The SMILES string of the molecule is CC(C)n1nccc1CNc1ccc2[nH]ccc(=O)c2c1. The van der Waals surface area contributed by atoms with E-state index in [1.807, 2.05) is 35.1 Å². The predicted octanol–water partition coefficient (Wildman–Crippen LogP) is 2.92. The molecule has 21 heavy (non-hydrogen) atoms. The lowest BCUT2D eigenvalue weighted by Gasteiger charge is -2.12. The van der Waals surface area contributed by atoms with Crippen LogP contribution in [0.3, 0.4) is 0 Å². The van der Waals surface area contributed by atoms with Gasteiger partial charge in [0.25, 0.3) is 0 Å². The van der Waals surface area contributed by atoms with Crippen molar-refractivity contribution in [3.05, 3.63) is 58.6 Å². The van der Waals surface area contributed by atoms with Crippen LogP contribution in [0.25, 0.3) is 10.9 Å². The predicted molar refractivity (Wildman–Crippen MR) is 84.5 cm³/mol. The molecule has 0 radical (unpaired) electrons. The molecule has 3 rings (SSSR count). The zero-order valence-electron chi connectivity index (χ0n) is 12.1. The molecule has 0 saturated heterocycles. The van der Waals surface area contributed by atoms with E-state index in [-0.39, 0.29) is 5.43 Å². The van der Waals surface area contributed by atoms with Crippen molar-refractivity contribution < 1.29 is 0 Å². The van der Waals surface area contributed by atoms with Crippen LogP contribution in [0.4, 0.5) is 5.69 Å². The molecule has 5 nitrogen and oxygen atoms in total. The number of fused-ring (bicyclic) bond motifs is 1. The monoisotopic (exact) mass is 282 g/mol. The maximum absolute atomic E-state index is 11.8. The van der Waals surface area contributed by atoms with Gasteiger partial charge in [-0.25, -0.2) is 0 Å². The minimum Gasteiger partial charge on any atom is -0.379 e. The highest BCUT2D eigenvalue weighted by atomic mass is 16.1. The molecule has 0 aliphatic rings. The van der Waals surface area contributed by atoms with E-state index in [9.17, 15) is 4.79 Å². The maximum atomic E-state index is 11.8. The summed E-state index contributed by atoms with van der Waals surface area (Å²) in [6, 6.07) is 9.63. The molecule has 2 N–H and O–H groups in total. The Bertz CT molecular complexity index is 816. The third kappa shape index (κ3) is 2.67. The number of hydrogen-bond acceptors (Lipinski definition) is 3. The van der Waals surface area contributed by atoms with Crippen molar-refractivity contribution >= 4 is 16.6 Å². The van der Waals surface area contributed by atoms with Crippen molar-refractivity contribution in [1.29, 1.82) is 0 Å². The van der Waals surface area contributed by atoms with E-state index in [1.54, 1.807) is 12.3 Å². The second-order valence-corrected chi connectivity index (χ2v) is 5.32. The zero-order chi connectivity index (χ0) is 14.8. The third-order valence-electron chi connectivity index (χ3n) is 3.47. The number of H-pyrrole nitrogens is 1. The van der Waals surface area contributed by atoms with Crippen molar-refractivity contribution in [2.75, 3.05) is 5.32 Å². The van der Waals surface area contributed by atoms with Gasteiger partial charge in [-0.3, -0.25) is 9.48 Å². The Hall–Kier alpha value is -2.56. The van der Waals surface area contributed by atoms with Crippen LogP contribution in [0.2, 0.25) is 0 Å². The van der Waals surface area contributed by atoms with Crippen LogP contribution in [-0.4, -0.2) is 14.8 Å². The lowest BCUT2D eigenvalue weighted by molar-refractivity contribution is 0.512. The molecule has 5 heteroatoms. The number of hydrogen-bond donors (Lipinski definition) is 2. The molecule has 1 aromatic carbocycles. The van der Waals surface area contributed by atoms with E-state index >= 15 is 0 Å². The van der Waals surface area contributed by atoms with Crippen molar-refractivity contribution in [3.63, 3.8) is 0 Å². The molecule has 0 aliphatic heterocycles. The summed E-state index contributed by atoms with van der Waals surface area (Å²) in [4.78, 5) is 14.9. The first-order valence-electron chi connectivity index (χ1n) is 7.03. The van der Waals surface area contributed by atoms with Gasteiger partial charge in [0.1, 0.15) is 0 Å². The maximum Gasteiger partial charge on any atom is 0.189 e. The summed E-state index contributed by atoms with van der Waals surface area (Å²) < 4.78 is 1.99. The standard InChI is InChI=1S/C16H18N4O/c1-11(2)20-13(5-8-19-20)10-18-12-3-4-15-14(9-12)16(21)6-7-17-15/h3-9,11,18H,10H2,1-2H3,(H,17,21). The van der Waals surface area contributed by atoms with Crippen molar-refractivity contribution in [1.82, 2.24) is 14.8 Å². The smallest absolute Gasteiger partial charge is 0.189 e. The van der Waals surface area contributed by atoms with Crippen LogP contribution in [0.15, 0.2) is 47.5 Å². The van der Waals surface area contributed by atoms with Gasteiger partial charge >= 0.3 is 0 Å². The normalized spacial score (nSPS) is 11.2. The second-order valence-electron chi connectivity index (χ2n) is 5.32. The Morgan fingerprint density at radius 3 is 2.95 bits per heavy atom. The van der Waals surface area contributed by atoms with Gasteiger partial charge in [0, 0.05) is 41.1 Å². The molecule has 0 amide bonds. The van der Waals surface area contributed by atoms with Crippen molar-refractivity contribution in [2.45, 2.75) is 26.4 Å². The Balaban J connectivity index is 1.84. The number of aromatic amines is 1. The third-order valence-corrected chi connectivity index (χ3v) is 3.47. The van der Waals surface area contributed by atoms with Gasteiger partial charge in [-0.15, -0.1) is 0 Å². The molecule has 0 aliphatic carbocycles. The number of benzene rings is 1. The van der Waals surface area contributed by atoms with E-state index in [0.717, 1.165) is 16.9 Å². The van der Waals surface area contributed by atoms with Gasteiger partial charge < -0.3 is 10.3 Å². The fourth-order valence-electron chi connectivity index (χ4n) is 2.42. The van der Waals surface area contributed by atoms with Crippen LogP contribution < -0.4 is 10.7 Å². The second kappa shape index (κ2) is 5.44. The van der Waals surface area contributed by atoms with Crippen LogP contribution in [0.5, 0.6) is 0 Å². The molecule has 2 aromatic heterocycles.